The van der Waals surface area contributed by atoms with Crippen LogP contribution in [0.3, 0.4) is 0 Å². The van der Waals surface area contributed by atoms with E-state index < -0.39 is 22.8 Å². The van der Waals surface area contributed by atoms with Gasteiger partial charge in [0.1, 0.15) is 18.3 Å². The van der Waals surface area contributed by atoms with Crippen molar-refractivity contribution in [3.63, 3.8) is 0 Å². The number of aromatic nitrogens is 3. The Balaban J connectivity index is 1.64. The van der Waals surface area contributed by atoms with Crippen molar-refractivity contribution < 1.29 is 19.2 Å². The average Bonchev–Trinajstić information content (AvgIpc) is 3.25. The van der Waals surface area contributed by atoms with Crippen LogP contribution in [0.15, 0.2) is 54.7 Å². The number of benzene rings is 2. The topological polar surface area (TPSA) is 129 Å². The SMILES string of the molecule is CC(C)C(NC(=O)c1ccc([N+](=O)[O-])cc1Cl)C(=O)OCc1cn(-c2ccccc2)nn1. The number of esters is 1. The van der Waals surface area contributed by atoms with Crippen LogP contribution in [0.25, 0.3) is 5.69 Å². The van der Waals surface area contributed by atoms with E-state index >= 15 is 0 Å². The predicted octanol–water partition coefficient (Wildman–Crippen LogP) is 3.33. The molecule has 2 aromatic carbocycles. The fourth-order valence-electron chi connectivity index (χ4n) is 2.82. The smallest absolute Gasteiger partial charge is 0.329 e. The maximum atomic E-state index is 12.6. The number of nitro benzene ring substituents is 1. The molecule has 166 valence electrons. The fraction of sp³-hybridized carbons (Fsp3) is 0.238. The highest BCUT2D eigenvalue weighted by Gasteiger charge is 2.27. The number of para-hydroxylation sites is 1. The van der Waals surface area contributed by atoms with Crippen molar-refractivity contribution in [2.75, 3.05) is 0 Å². The number of nitrogens with zero attached hydrogens (tertiary/aromatic N) is 4. The molecule has 0 spiro atoms. The zero-order valence-electron chi connectivity index (χ0n) is 17.3. The number of amides is 1. The van der Waals surface area contributed by atoms with Gasteiger partial charge in [0.25, 0.3) is 11.6 Å². The number of carbonyl (C=O) groups excluding carboxylic acids is 2. The summed E-state index contributed by atoms with van der Waals surface area (Å²) in [5.41, 5.74) is 1.02. The van der Waals surface area contributed by atoms with E-state index in [4.69, 9.17) is 16.3 Å². The van der Waals surface area contributed by atoms with Gasteiger partial charge in [-0.05, 0) is 24.1 Å². The lowest BCUT2D eigenvalue weighted by atomic mass is 10.0. The Kier molecular flexibility index (Phi) is 7.16. The van der Waals surface area contributed by atoms with Crippen LogP contribution in [-0.4, -0.2) is 37.8 Å². The lowest BCUT2D eigenvalue weighted by Crippen LogP contribution is -2.45. The minimum atomic E-state index is -0.960. The summed E-state index contributed by atoms with van der Waals surface area (Å²) in [5, 5.41) is 21.3. The highest BCUT2D eigenvalue weighted by Crippen LogP contribution is 2.23. The maximum absolute atomic E-state index is 12.6. The van der Waals surface area contributed by atoms with Crippen molar-refractivity contribution >= 4 is 29.2 Å². The molecule has 1 heterocycles. The summed E-state index contributed by atoms with van der Waals surface area (Å²) in [6, 6.07) is 11.9. The van der Waals surface area contributed by atoms with Gasteiger partial charge in [-0.2, -0.15) is 0 Å². The number of nitro groups is 1. The third-order valence-electron chi connectivity index (χ3n) is 4.54. The zero-order chi connectivity index (χ0) is 23.3. The van der Waals surface area contributed by atoms with Crippen LogP contribution < -0.4 is 5.32 Å². The number of rotatable bonds is 8. The van der Waals surface area contributed by atoms with Crippen molar-refractivity contribution in [2.24, 2.45) is 5.92 Å². The summed E-state index contributed by atoms with van der Waals surface area (Å²) in [7, 11) is 0. The molecule has 32 heavy (non-hydrogen) atoms. The van der Waals surface area contributed by atoms with Gasteiger partial charge in [-0.25, -0.2) is 9.48 Å². The summed E-state index contributed by atoms with van der Waals surface area (Å²) in [6.07, 6.45) is 1.64. The standard InChI is InChI=1S/C21H20ClN5O5/c1-13(2)19(23-20(28)17-9-8-16(27(30)31)10-18(17)22)21(29)32-12-14-11-26(25-24-14)15-6-4-3-5-7-15/h3-11,13,19H,12H2,1-2H3,(H,23,28). The Morgan fingerprint density at radius 1 is 1.22 bits per heavy atom. The molecule has 1 unspecified atom stereocenters. The number of ether oxygens (including phenoxy) is 1. The maximum Gasteiger partial charge on any atom is 0.329 e. The van der Waals surface area contributed by atoms with E-state index in [1.807, 2.05) is 30.3 Å². The Morgan fingerprint density at radius 2 is 1.94 bits per heavy atom. The van der Waals surface area contributed by atoms with E-state index in [0.717, 1.165) is 11.8 Å². The molecule has 0 fully saturated rings. The fourth-order valence-corrected chi connectivity index (χ4v) is 3.09. The Labute approximate surface area is 188 Å². The second-order valence-electron chi connectivity index (χ2n) is 7.21. The molecule has 3 aromatic rings. The molecule has 0 saturated carbocycles. The molecular weight excluding hydrogens is 438 g/mol. The van der Waals surface area contributed by atoms with E-state index in [1.165, 1.54) is 12.1 Å². The molecule has 11 heteroatoms. The number of halogens is 1. The molecule has 1 atom stereocenters. The second-order valence-corrected chi connectivity index (χ2v) is 7.62. The van der Waals surface area contributed by atoms with Gasteiger partial charge in [-0.1, -0.05) is 48.9 Å². The molecule has 0 bridgehead atoms. The van der Waals surface area contributed by atoms with Gasteiger partial charge < -0.3 is 10.1 Å². The zero-order valence-corrected chi connectivity index (χ0v) is 18.0. The first-order valence-electron chi connectivity index (χ1n) is 9.64. The number of nitrogens with one attached hydrogen (secondary N) is 1. The third-order valence-corrected chi connectivity index (χ3v) is 4.85. The minimum absolute atomic E-state index is 0.0153. The monoisotopic (exact) mass is 457 g/mol. The Morgan fingerprint density at radius 3 is 2.56 bits per heavy atom. The van der Waals surface area contributed by atoms with Gasteiger partial charge >= 0.3 is 5.97 Å². The lowest BCUT2D eigenvalue weighted by Gasteiger charge is -2.21. The largest absolute Gasteiger partial charge is 0.458 e. The van der Waals surface area contributed by atoms with Gasteiger partial charge in [0.15, 0.2) is 0 Å². The molecule has 0 aliphatic carbocycles. The van der Waals surface area contributed by atoms with Crippen LogP contribution in [0.5, 0.6) is 0 Å². The van der Waals surface area contributed by atoms with Crippen molar-refractivity contribution in [1.82, 2.24) is 20.3 Å². The normalized spacial score (nSPS) is 11.8. The number of non-ortho nitro benzene ring substituents is 1. The van der Waals surface area contributed by atoms with Gasteiger partial charge in [0.05, 0.1) is 27.4 Å². The van der Waals surface area contributed by atoms with Crippen LogP contribution in [-0.2, 0) is 16.1 Å². The molecule has 10 nitrogen and oxygen atoms in total. The summed E-state index contributed by atoms with van der Waals surface area (Å²) in [6.45, 7) is 3.37. The summed E-state index contributed by atoms with van der Waals surface area (Å²) in [5.74, 6) is -1.58. The Bertz CT molecular complexity index is 1130. The first-order valence-corrected chi connectivity index (χ1v) is 10.0. The van der Waals surface area contributed by atoms with Gasteiger partial charge in [-0.15, -0.1) is 5.10 Å². The molecule has 0 aliphatic heterocycles. The Hall–Kier alpha value is -3.79. The minimum Gasteiger partial charge on any atom is -0.458 e. The molecule has 0 aliphatic rings. The van der Waals surface area contributed by atoms with Crippen molar-refractivity contribution in [2.45, 2.75) is 26.5 Å². The first kappa shape index (κ1) is 22.9. The van der Waals surface area contributed by atoms with Crippen LogP contribution >= 0.6 is 11.6 Å². The van der Waals surface area contributed by atoms with Crippen molar-refractivity contribution in [3.05, 3.63) is 81.1 Å². The second kappa shape index (κ2) is 10.0. The van der Waals surface area contributed by atoms with E-state index in [0.29, 0.717) is 5.69 Å². The molecule has 1 amide bonds. The van der Waals surface area contributed by atoms with Crippen LogP contribution in [0, 0.1) is 16.0 Å². The van der Waals surface area contributed by atoms with E-state index in [-0.39, 0.29) is 28.8 Å². The van der Waals surface area contributed by atoms with E-state index in [9.17, 15) is 19.7 Å². The quantitative estimate of drug-likeness (QED) is 0.312. The van der Waals surface area contributed by atoms with Crippen LogP contribution in [0.1, 0.15) is 29.9 Å². The molecule has 3 rings (SSSR count). The van der Waals surface area contributed by atoms with Crippen molar-refractivity contribution in [3.8, 4) is 5.69 Å². The van der Waals surface area contributed by atoms with Crippen LogP contribution in [0.4, 0.5) is 5.69 Å². The number of hydrogen-bond donors (Lipinski definition) is 1. The molecule has 1 aromatic heterocycles. The summed E-state index contributed by atoms with van der Waals surface area (Å²) < 4.78 is 6.88. The molecule has 0 saturated heterocycles. The number of hydrogen-bond acceptors (Lipinski definition) is 7. The predicted molar refractivity (Wildman–Crippen MR) is 115 cm³/mol. The number of carbonyl (C=O) groups is 2. The molecular formula is C21H20ClN5O5. The highest BCUT2D eigenvalue weighted by molar-refractivity contribution is 6.34. The molecule has 0 radical (unpaired) electrons. The van der Waals surface area contributed by atoms with Crippen molar-refractivity contribution in [1.29, 1.82) is 0 Å². The van der Waals surface area contributed by atoms with Crippen LogP contribution in [0.2, 0.25) is 5.02 Å². The van der Waals surface area contributed by atoms with E-state index in [2.05, 4.69) is 15.6 Å². The summed E-state index contributed by atoms with van der Waals surface area (Å²) in [4.78, 5) is 35.4. The van der Waals surface area contributed by atoms with E-state index in [1.54, 1.807) is 24.7 Å². The molecule has 1 N–H and O–H groups in total. The highest BCUT2D eigenvalue weighted by atomic mass is 35.5. The lowest BCUT2D eigenvalue weighted by molar-refractivity contribution is -0.384. The van der Waals surface area contributed by atoms with Gasteiger partial charge in [0.2, 0.25) is 0 Å². The van der Waals surface area contributed by atoms with Gasteiger partial charge in [0, 0.05) is 12.1 Å². The van der Waals surface area contributed by atoms with Gasteiger partial charge in [-0.3, -0.25) is 14.9 Å². The average molecular weight is 458 g/mol. The third kappa shape index (κ3) is 5.46. The summed E-state index contributed by atoms with van der Waals surface area (Å²) >= 11 is 6.01. The first-order chi connectivity index (χ1) is 15.3.